The Bertz CT molecular complexity index is 3720. The van der Waals surface area contributed by atoms with Crippen LogP contribution >= 0.6 is 0 Å². The quantitative estimate of drug-likeness (QED) is 0.127. The molecule has 2 nitrogen and oxygen atoms in total. The Kier molecular flexibility index (Phi) is 12.2. The molecular formula is C72H56N2. The van der Waals surface area contributed by atoms with E-state index in [-0.39, 0.29) is 0 Å². The first-order chi connectivity index (χ1) is 36.3. The van der Waals surface area contributed by atoms with Crippen LogP contribution in [0.25, 0.3) is 77.2 Å². The van der Waals surface area contributed by atoms with Gasteiger partial charge in [-0.05, 0) is 177 Å². The van der Waals surface area contributed by atoms with Crippen LogP contribution in [0, 0.1) is 27.7 Å². The Balaban J connectivity index is 0.963. The third kappa shape index (κ3) is 8.82. The molecule has 0 heterocycles. The van der Waals surface area contributed by atoms with E-state index < -0.39 is 0 Å². The molecule has 12 aromatic carbocycles. The number of hydrogen-bond donors (Lipinski definition) is 0. The molecule has 2 heteroatoms. The van der Waals surface area contributed by atoms with Crippen molar-refractivity contribution < 1.29 is 0 Å². The first-order valence-electron chi connectivity index (χ1n) is 25.7. The third-order valence-corrected chi connectivity index (χ3v) is 14.7. The molecule has 0 N–H and O–H groups in total. The van der Waals surface area contributed by atoms with Crippen LogP contribution in [0.5, 0.6) is 0 Å². The normalized spacial score (nSPS) is 11.2. The second-order valence-corrected chi connectivity index (χ2v) is 19.6. The van der Waals surface area contributed by atoms with E-state index in [2.05, 4.69) is 304 Å². The second kappa shape index (κ2) is 19.8. The number of nitrogens with zero attached hydrogens (tertiary/aromatic N) is 2. The molecule has 0 atom stereocenters. The van der Waals surface area contributed by atoms with Crippen LogP contribution in [0.3, 0.4) is 0 Å². The molecule has 74 heavy (non-hydrogen) atoms. The second-order valence-electron chi connectivity index (χ2n) is 19.6. The van der Waals surface area contributed by atoms with Gasteiger partial charge in [0, 0.05) is 33.9 Å². The minimum Gasteiger partial charge on any atom is -0.309 e. The molecular weight excluding hydrogens is 893 g/mol. The van der Waals surface area contributed by atoms with Gasteiger partial charge in [0.2, 0.25) is 0 Å². The molecule has 354 valence electrons. The van der Waals surface area contributed by atoms with E-state index in [1.54, 1.807) is 0 Å². The van der Waals surface area contributed by atoms with E-state index in [0.717, 1.165) is 22.7 Å². The van der Waals surface area contributed by atoms with Crippen molar-refractivity contribution >= 4 is 55.7 Å². The molecule has 0 radical (unpaired) electrons. The molecule has 0 aliphatic rings. The van der Waals surface area contributed by atoms with E-state index in [4.69, 9.17) is 0 Å². The van der Waals surface area contributed by atoms with Crippen molar-refractivity contribution in [2.45, 2.75) is 27.7 Å². The lowest BCUT2D eigenvalue weighted by atomic mass is 9.94. The summed E-state index contributed by atoms with van der Waals surface area (Å²) in [4.78, 5) is 4.94. The van der Waals surface area contributed by atoms with E-state index in [9.17, 15) is 0 Å². The smallest absolute Gasteiger partial charge is 0.0569 e. The lowest BCUT2D eigenvalue weighted by molar-refractivity contribution is 1.22. The Morgan fingerprint density at radius 3 is 0.946 bits per heavy atom. The van der Waals surface area contributed by atoms with Crippen molar-refractivity contribution in [1.29, 1.82) is 0 Å². The van der Waals surface area contributed by atoms with Crippen molar-refractivity contribution in [2.24, 2.45) is 0 Å². The number of anilines is 6. The van der Waals surface area contributed by atoms with Crippen LogP contribution in [0.1, 0.15) is 22.3 Å². The number of benzene rings is 12. The maximum atomic E-state index is 2.47. The average Bonchev–Trinajstić information content (AvgIpc) is 3.45. The Labute approximate surface area is 435 Å². The molecule has 0 amide bonds. The van der Waals surface area contributed by atoms with Crippen molar-refractivity contribution in [3.63, 3.8) is 0 Å². The summed E-state index contributed by atoms with van der Waals surface area (Å²) in [5.74, 6) is 0. The van der Waals surface area contributed by atoms with Gasteiger partial charge >= 0.3 is 0 Å². The van der Waals surface area contributed by atoms with Gasteiger partial charge in [-0.25, -0.2) is 0 Å². The molecule has 0 fully saturated rings. The molecule has 0 unspecified atom stereocenters. The first-order valence-corrected chi connectivity index (χ1v) is 25.7. The maximum absolute atomic E-state index is 2.47. The zero-order valence-electron chi connectivity index (χ0n) is 42.3. The van der Waals surface area contributed by atoms with Gasteiger partial charge in [0.15, 0.2) is 0 Å². The molecule has 0 saturated heterocycles. The molecule has 0 spiro atoms. The monoisotopic (exact) mass is 948 g/mol. The number of para-hydroxylation sites is 2. The van der Waals surface area contributed by atoms with Crippen LogP contribution in [-0.4, -0.2) is 0 Å². The predicted molar refractivity (Wildman–Crippen MR) is 317 cm³/mol. The highest BCUT2D eigenvalue weighted by Crippen LogP contribution is 2.48. The van der Waals surface area contributed by atoms with E-state index in [1.165, 1.54) is 111 Å². The van der Waals surface area contributed by atoms with Crippen molar-refractivity contribution in [3.8, 4) is 55.6 Å². The predicted octanol–water partition coefficient (Wildman–Crippen LogP) is 20.5. The summed E-state index contributed by atoms with van der Waals surface area (Å²) >= 11 is 0. The lowest BCUT2D eigenvalue weighted by Gasteiger charge is -2.32. The highest BCUT2D eigenvalue weighted by Gasteiger charge is 2.24. The standard InChI is InChI=1S/C72H56N2/c1-49-17-15-27-67(63-31-29-55-23-11-13-25-59(55)47-63)71(49)73(65-39-33-57(34-40-65)53-19-7-5-8-20-53)69-43-37-61(45-51(69)3)62-38-44-70(52(4)46-62)74(66-41-35-58(36-42-66)54-21-9-6-10-22-54)72-50(2)18-16-28-68(72)64-32-30-56-24-12-14-26-60(56)48-64/h5-48H,1-4H3. The summed E-state index contributed by atoms with van der Waals surface area (Å²) in [6.07, 6.45) is 0. The van der Waals surface area contributed by atoms with Crippen molar-refractivity contribution in [3.05, 3.63) is 289 Å². The Morgan fingerprint density at radius 2 is 0.554 bits per heavy atom. The molecule has 0 saturated carbocycles. The number of hydrogen-bond acceptors (Lipinski definition) is 2. The highest BCUT2D eigenvalue weighted by molar-refractivity contribution is 5.97. The molecule has 0 aromatic heterocycles. The fraction of sp³-hybridized carbons (Fsp3) is 0.0556. The molecule has 12 aromatic rings. The van der Waals surface area contributed by atoms with Gasteiger partial charge < -0.3 is 9.80 Å². The van der Waals surface area contributed by atoms with Crippen LogP contribution < -0.4 is 9.80 Å². The highest BCUT2D eigenvalue weighted by atomic mass is 15.2. The van der Waals surface area contributed by atoms with Crippen molar-refractivity contribution in [2.75, 3.05) is 9.80 Å². The van der Waals surface area contributed by atoms with Gasteiger partial charge in [-0.1, -0.05) is 206 Å². The van der Waals surface area contributed by atoms with Crippen LogP contribution in [0.4, 0.5) is 34.1 Å². The zero-order chi connectivity index (χ0) is 50.1. The van der Waals surface area contributed by atoms with Gasteiger partial charge in [-0.3, -0.25) is 0 Å². The summed E-state index contributed by atoms with van der Waals surface area (Å²) in [6, 6.07) is 97.7. The SMILES string of the molecule is Cc1cc(-c2ccc(N(c3ccc(-c4ccccc4)cc3)c3c(C)cccc3-c3ccc4ccccc4c3)c(C)c2)ccc1N(c1ccc(-c2ccccc2)cc1)c1c(C)cccc1-c1ccc2ccccc2c1. The van der Waals surface area contributed by atoms with Crippen LogP contribution in [0.2, 0.25) is 0 Å². The van der Waals surface area contributed by atoms with Crippen LogP contribution in [0.15, 0.2) is 267 Å². The fourth-order valence-corrected chi connectivity index (χ4v) is 10.9. The van der Waals surface area contributed by atoms with E-state index in [0.29, 0.717) is 0 Å². The largest absolute Gasteiger partial charge is 0.309 e. The third-order valence-electron chi connectivity index (χ3n) is 14.7. The minimum absolute atomic E-state index is 1.10. The molecule has 0 aliphatic heterocycles. The van der Waals surface area contributed by atoms with Gasteiger partial charge in [-0.2, -0.15) is 0 Å². The van der Waals surface area contributed by atoms with Gasteiger partial charge in [0.25, 0.3) is 0 Å². The summed E-state index contributed by atoms with van der Waals surface area (Å²) in [7, 11) is 0. The topological polar surface area (TPSA) is 6.48 Å². The number of aryl methyl sites for hydroxylation is 4. The summed E-state index contributed by atoms with van der Waals surface area (Å²) < 4.78 is 0. The summed E-state index contributed by atoms with van der Waals surface area (Å²) in [6.45, 7) is 8.99. The first kappa shape index (κ1) is 45.9. The molecule has 0 bridgehead atoms. The average molecular weight is 949 g/mol. The maximum Gasteiger partial charge on any atom is 0.0569 e. The van der Waals surface area contributed by atoms with Gasteiger partial charge in [0.1, 0.15) is 0 Å². The Morgan fingerprint density at radius 1 is 0.216 bits per heavy atom. The van der Waals surface area contributed by atoms with Gasteiger partial charge in [-0.15, -0.1) is 0 Å². The van der Waals surface area contributed by atoms with E-state index in [1.807, 2.05) is 0 Å². The van der Waals surface area contributed by atoms with Crippen LogP contribution in [-0.2, 0) is 0 Å². The molecule has 0 aliphatic carbocycles. The Hall–Kier alpha value is -9.24. The molecule has 12 rings (SSSR count). The zero-order valence-corrected chi connectivity index (χ0v) is 42.3. The van der Waals surface area contributed by atoms with Gasteiger partial charge in [0.05, 0.1) is 11.4 Å². The lowest BCUT2D eigenvalue weighted by Crippen LogP contribution is -2.14. The summed E-state index contributed by atoms with van der Waals surface area (Å²) in [5, 5.41) is 4.93. The fourth-order valence-electron chi connectivity index (χ4n) is 10.9. The van der Waals surface area contributed by atoms with Crippen molar-refractivity contribution in [1.82, 2.24) is 0 Å². The number of rotatable bonds is 11. The number of fused-ring (bicyclic) bond motifs is 2. The summed E-state index contributed by atoms with van der Waals surface area (Å²) in [5.41, 5.74) is 23.5. The van der Waals surface area contributed by atoms with E-state index >= 15 is 0 Å². The minimum atomic E-state index is 1.10.